The summed E-state index contributed by atoms with van der Waals surface area (Å²) in [4.78, 5) is 0. The monoisotopic (exact) mass is 219 g/mol. The van der Waals surface area contributed by atoms with Gasteiger partial charge in [0.1, 0.15) is 5.75 Å². The Bertz CT molecular complexity index is 398. The number of ether oxygens (including phenoxy) is 1. The van der Waals surface area contributed by atoms with Crippen LogP contribution in [0.5, 0.6) is 5.75 Å². The van der Waals surface area contributed by atoms with Gasteiger partial charge in [0.05, 0.1) is 7.11 Å². The lowest BCUT2D eigenvalue weighted by Gasteiger charge is -2.08. The summed E-state index contributed by atoms with van der Waals surface area (Å²) in [6, 6.07) is 6.47. The van der Waals surface area contributed by atoms with Crippen LogP contribution in [0.4, 0.5) is 0 Å². The standard InChI is InChI=1S/C14H21NO/c1-9-7-10(5-6-12(9)16-4)13-11(8-15)14(13,2)3/h5-7,11,13H,8,15H2,1-4H3. The van der Waals surface area contributed by atoms with E-state index in [-0.39, 0.29) is 0 Å². The molecule has 0 spiro atoms. The molecule has 0 bridgehead atoms. The molecule has 2 atom stereocenters. The van der Waals surface area contributed by atoms with Crippen LogP contribution in [0.15, 0.2) is 18.2 Å². The van der Waals surface area contributed by atoms with Gasteiger partial charge >= 0.3 is 0 Å². The maximum atomic E-state index is 5.81. The Balaban J connectivity index is 2.27. The van der Waals surface area contributed by atoms with Gasteiger partial charge in [-0.1, -0.05) is 26.0 Å². The second kappa shape index (κ2) is 3.77. The number of benzene rings is 1. The van der Waals surface area contributed by atoms with Gasteiger partial charge in [0, 0.05) is 0 Å². The van der Waals surface area contributed by atoms with E-state index in [9.17, 15) is 0 Å². The highest BCUT2D eigenvalue weighted by Crippen LogP contribution is 2.63. The first-order valence-electron chi connectivity index (χ1n) is 5.87. The summed E-state index contributed by atoms with van der Waals surface area (Å²) in [6.07, 6.45) is 0. The average molecular weight is 219 g/mol. The second-order valence-corrected chi connectivity index (χ2v) is 5.37. The molecule has 2 nitrogen and oxygen atoms in total. The van der Waals surface area contributed by atoms with Crippen LogP contribution in [0, 0.1) is 18.3 Å². The van der Waals surface area contributed by atoms with Crippen molar-refractivity contribution in [2.24, 2.45) is 17.1 Å². The molecule has 1 aliphatic rings. The van der Waals surface area contributed by atoms with Gasteiger partial charge in [0.15, 0.2) is 0 Å². The van der Waals surface area contributed by atoms with Crippen molar-refractivity contribution in [2.45, 2.75) is 26.7 Å². The van der Waals surface area contributed by atoms with Gasteiger partial charge in [0.25, 0.3) is 0 Å². The molecule has 0 radical (unpaired) electrons. The molecule has 88 valence electrons. The van der Waals surface area contributed by atoms with Gasteiger partial charge in [-0.15, -0.1) is 0 Å². The minimum Gasteiger partial charge on any atom is -0.496 e. The largest absolute Gasteiger partial charge is 0.496 e. The predicted molar refractivity (Wildman–Crippen MR) is 66.8 cm³/mol. The Kier molecular flexibility index (Phi) is 2.70. The summed E-state index contributed by atoms with van der Waals surface area (Å²) in [5.74, 6) is 2.20. The molecule has 1 aromatic carbocycles. The quantitative estimate of drug-likeness (QED) is 0.848. The molecule has 0 aliphatic heterocycles. The maximum Gasteiger partial charge on any atom is 0.121 e. The van der Waals surface area contributed by atoms with Crippen LogP contribution in [-0.4, -0.2) is 13.7 Å². The summed E-state index contributed by atoms with van der Waals surface area (Å²) in [7, 11) is 1.71. The van der Waals surface area contributed by atoms with Crippen LogP contribution in [0.3, 0.4) is 0 Å². The molecule has 1 aliphatic carbocycles. The molecule has 2 heteroatoms. The fourth-order valence-corrected chi connectivity index (χ4v) is 2.94. The van der Waals surface area contributed by atoms with E-state index in [1.54, 1.807) is 7.11 Å². The molecule has 2 rings (SSSR count). The Morgan fingerprint density at radius 2 is 2.06 bits per heavy atom. The summed E-state index contributed by atoms with van der Waals surface area (Å²) >= 11 is 0. The topological polar surface area (TPSA) is 35.2 Å². The first-order valence-corrected chi connectivity index (χ1v) is 5.87. The normalized spacial score (nSPS) is 26.6. The smallest absolute Gasteiger partial charge is 0.121 e. The number of hydrogen-bond donors (Lipinski definition) is 1. The lowest BCUT2D eigenvalue weighted by Crippen LogP contribution is -2.05. The molecule has 1 saturated carbocycles. The van der Waals surface area contributed by atoms with Crippen LogP contribution >= 0.6 is 0 Å². The van der Waals surface area contributed by atoms with Crippen LogP contribution in [-0.2, 0) is 0 Å². The van der Waals surface area contributed by atoms with Crippen molar-refractivity contribution < 1.29 is 4.74 Å². The van der Waals surface area contributed by atoms with Crippen molar-refractivity contribution in [1.29, 1.82) is 0 Å². The number of rotatable bonds is 3. The highest BCUT2D eigenvalue weighted by Gasteiger charge is 2.57. The fourth-order valence-electron chi connectivity index (χ4n) is 2.94. The van der Waals surface area contributed by atoms with E-state index in [0.29, 0.717) is 17.3 Å². The summed E-state index contributed by atoms with van der Waals surface area (Å²) in [5, 5.41) is 0. The Hall–Kier alpha value is -1.02. The number of hydrogen-bond acceptors (Lipinski definition) is 2. The third kappa shape index (κ3) is 1.61. The summed E-state index contributed by atoms with van der Waals surface area (Å²) in [5.41, 5.74) is 8.77. The lowest BCUT2D eigenvalue weighted by molar-refractivity contribution is 0.411. The Labute approximate surface area is 97.8 Å². The number of nitrogens with two attached hydrogens (primary N) is 1. The number of aryl methyl sites for hydroxylation is 1. The van der Waals surface area contributed by atoms with Crippen LogP contribution in [0.1, 0.15) is 30.9 Å². The van der Waals surface area contributed by atoms with E-state index in [1.165, 1.54) is 11.1 Å². The van der Waals surface area contributed by atoms with Gasteiger partial charge in [-0.3, -0.25) is 0 Å². The zero-order valence-corrected chi connectivity index (χ0v) is 10.6. The molecule has 2 N–H and O–H groups in total. The van der Waals surface area contributed by atoms with Crippen molar-refractivity contribution in [1.82, 2.24) is 0 Å². The minimum atomic E-state index is 0.357. The molecule has 2 unspecified atom stereocenters. The number of methoxy groups -OCH3 is 1. The van der Waals surface area contributed by atoms with Crippen molar-refractivity contribution in [3.05, 3.63) is 29.3 Å². The lowest BCUT2D eigenvalue weighted by atomic mass is 10.0. The maximum absolute atomic E-state index is 5.81. The van der Waals surface area contributed by atoms with Gasteiger partial charge in [0.2, 0.25) is 0 Å². The van der Waals surface area contributed by atoms with Gasteiger partial charge in [-0.05, 0) is 47.9 Å². The first-order chi connectivity index (χ1) is 7.52. The predicted octanol–water partition coefficient (Wildman–Crippen LogP) is 2.70. The highest BCUT2D eigenvalue weighted by molar-refractivity contribution is 5.41. The Morgan fingerprint density at radius 3 is 2.50 bits per heavy atom. The molecule has 0 amide bonds. The molecular formula is C14H21NO. The van der Waals surface area contributed by atoms with E-state index in [4.69, 9.17) is 10.5 Å². The first kappa shape index (κ1) is 11.5. The van der Waals surface area contributed by atoms with E-state index in [1.807, 2.05) is 0 Å². The van der Waals surface area contributed by atoms with Crippen LogP contribution in [0.25, 0.3) is 0 Å². The van der Waals surface area contributed by atoms with E-state index < -0.39 is 0 Å². The van der Waals surface area contributed by atoms with Crippen molar-refractivity contribution in [3.63, 3.8) is 0 Å². The molecule has 0 aromatic heterocycles. The van der Waals surface area contributed by atoms with E-state index in [0.717, 1.165) is 12.3 Å². The molecule has 16 heavy (non-hydrogen) atoms. The SMILES string of the molecule is COc1ccc(C2C(CN)C2(C)C)cc1C. The zero-order chi connectivity index (χ0) is 11.9. The molecule has 1 aromatic rings. The average Bonchev–Trinajstić information content (AvgIpc) is 2.80. The molecule has 0 heterocycles. The summed E-state index contributed by atoms with van der Waals surface area (Å²) in [6.45, 7) is 7.47. The third-order valence-corrected chi connectivity index (χ3v) is 4.08. The van der Waals surface area contributed by atoms with Gasteiger partial charge < -0.3 is 10.5 Å². The molecular weight excluding hydrogens is 198 g/mol. The van der Waals surface area contributed by atoms with Gasteiger partial charge in [-0.25, -0.2) is 0 Å². The molecule has 0 saturated heterocycles. The third-order valence-electron chi connectivity index (χ3n) is 4.08. The van der Waals surface area contributed by atoms with E-state index >= 15 is 0 Å². The fraction of sp³-hybridized carbons (Fsp3) is 0.571. The van der Waals surface area contributed by atoms with Crippen molar-refractivity contribution in [3.8, 4) is 5.75 Å². The van der Waals surface area contributed by atoms with E-state index in [2.05, 4.69) is 39.0 Å². The van der Waals surface area contributed by atoms with Crippen molar-refractivity contribution in [2.75, 3.05) is 13.7 Å². The van der Waals surface area contributed by atoms with Crippen LogP contribution in [0.2, 0.25) is 0 Å². The zero-order valence-electron chi connectivity index (χ0n) is 10.6. The van der Waals surface area contributed by atoms with Crippen LogP contribution < -0.4 is 10.5 Å². The van der Waals surface area contributed by atoms with Crippen molar-refractivity contribution >= 4 is 0 Å². The minimum absolute atomic E-state index is 0.357. The van der Waals surface area contributed by atoms with Gasteiger partial charge in [-0.2, -0.15) is 0 Å². The Morgan fingerprint density at radius 1 is 1.38 bits per heavy atom. The summed E-state index contributed by atoms with van der Waals surface area (Å²) < 4.78 is 5.28. The second-order valence-electron chi connectivity index (χ2n) is 5.37. The highest BCUT2D eigenvalue weighted by atomic mass is 16.5. The molecule has 1 fully saturated rings.